The van der Waals surface area contributed by atoms with Crippen LogP contribution in [0.3, 0.4) is 0 Å². The summed E-state index contributed by atoms with van der Waals surface area (Å²) in [7, 11) is 0. The van der Waals surface area contributed by atoms with Crippen molar-refractivity contribution in [3.05, 3.63) is 81.4 Å². The van der Waals surface area contributed by atoms with Gasteiger partial charge in [-0.05, 0) is 143 Å². The molecule has 3 atom stereocenters. The van der Waals surface area contributed by atoms with Crippen molar-refractivity contribution < 1.29 is 0 Å². The summed E-state index contributed by atoms with van der Waals surface area (Å²) in [6, 6.07) is 11.1. The molecular formula is C48H87Cl. The molecule has 2 aromatic carbocycles. The van der Waals surface area contributed by atoms with Gasteiger partial charge in [-0.3, -0.25) is 0 Å². The minimum Gasteiger partial charge on any atom is -0.124 e. The van der Waals surface area contributed by atoms with Crippen LogP contribution in [0.1, 0.15) is 181 Å². The van der Waals surface area contributed by atoms with E-state index in [1.165, 1.54) is 85.6 Å². The highest BCUT2D eigenvalue weighted by molar-refractivity contribution is 6.20. The Morgan fingerprint density at radius 2 is 1.24 bits per heavy atom. The molecule has 1 fully saturated rings. The predicted molar refractivity (Wildman–Crippen MR) is 234 cm³/mol. The first kappa shape index (κ1) is 56.4. The van der Waals surface area contributed by atoms with Crippen molar-refractivity contribution in [3.8, 4) is 12.8 Å². The van der Waals surface area contributed by atoms with Gasteiger partial charge in [0.05, 0.1) is 0 Å². The van der Waals surface area contributed by atoms with E-state index in [-0.39, 0.29) is 5.38 Å². The molecule has 1 heteroatoms. The Kier molecular flexibility index (Phi) is 46.6. The lowest BCUT2D eigenvalue weighted by Crippen LogP contribution is -2.18. The molecule has 0 spiro atoms. The molecule has 49 heavy (non-hydrogen) atoms. The molecule has 0 heterocycles. The smallest absolute Gasteiger partial charge is 0.0348 e. The fourth-order valence-electron chi connectivity index (χ4n) is 5.70. The van der Waals surface area contributed by atoms with Crippen LogP contribution in [-0.2, 0) is 19.3 Å². The molecule has 0 aliphatic heterocycles. The van der Waals surface area contributed by atoms with Crippen molar-refractivity contribution in [2.24, 2.45) is 17.8 Å². The van der Waals surface area contributed by atoms with Crippen molar-refractivity contribution in [1.82, 2.24) is 0 Å². The normalized spacial score (nSPS) is 15.7. The molecule has 2 aliphatic carbocycles. The molecule has 0 saturated heterocycles. The highest BCUT2D eigenvalue weighted by Crippen LogP contribution is 2.34. The van der Waals surface area contributed by atoms with Gasteiger partial charge in [0.15, 0.2) is 0 Å². The topological polar surface area (TPSA) is 0 Å². The van der Waals surface area contributed by atoms with E-state index in [4.69, 9.17) is 11.6 Å². The Bertz CT molecular complexity index is 1010. The summed E-state index contributed by atoms with van der Waals surface area (Å²) in [4.78, 5) is 0. The van der Waals surface area contributed by atoms with E-state index in [0.717, 1.165) is 24.2 Å². The third kappa shape index (κ3) is 28.4. The molecule has 2 unspecified atom stereocenters. The number of halogens is 1. The van der Waals surface area contributed by atoms with Crippen LogP contribution in [0.2, 0.25) is 0 Å². The maximum atomic E-state index is 5.90. The number of terminal acetylenes is 1. The molecule has 0 amide bonds. The summed E-state index contributed by atoms with van der Waals surface area (Å²) in [5, 5.41) is 0.229. The second kappa shape index (κ2) is 40.5. The Morgan fingerprint density at radius 3 is 1.71 bits per heavy atom. The van der Waals surface area contributed by atoms with Crippen LogP contribution >= 0.6 is 11.6 Å². The summed E-state index contributed by atoms with van der Waals surface area (Å²) in [5.74, 6) is 2.76. The first-order valence-corrected chi connectivity index (χ1v) is 20.7. The van der Waals surface area contributed by atoms with Gasteiger partial charge in [0.25, 0.3) is 0 Å². The molecule has 0 bridgehead atoms. The first-order chi connectivity index (χ1) is 23.5. The molecule has 2 aromatic rings. The lowest BCUT2D eigenvalue weighted by molar-refractivity contribution is 0.241. The zero-order chi connectivity index (χ0) is 39.4. The van der Waals surface area contributed by atoms with E-state index < -0.39 is 0 Å². The lowest BCUT2D eigenvalue weighted by atomic mass is 9.76. The molecule has 0 N–H and O–H groups in total. The summed E-state index contributed by atoms with van der Waals surface area (Å²) in [5.41, 5.74) is 10.3. The molecule has 0 aromatic heterocycles. The van der Waals surface area contributed by atoms with Crippen LogP contribution < -0.4 is 0 Å². The van der Waals surface area contributed by atoms with Gasteiger partial charge in [-0.15, -0.1) is 24.4 Å². The van der Waals surface area contributed by atoms with E-state index in [9.17, 15) is 0 Å². The average molecular weight is 700 g/mol. The summed E-state index contributed by atoms with van der Waals surface area (Å²) in [6.45, 7) is 37.9. The van der Waals surface area contributed by atoms with E-state index >= 15 is 0 Å². The van der Waals surface area contributed by atoms with Crippen LogP contribution in [0.15, 0.2) is 42.5 Å². The number of fused-ring (bicyclic) bond motifs is 1. The van der Waals surface area contributed by atoms with Gasteiger partial charge >= 0.3 is 0 Å². The van der Waals surface area contributed by atoms with Crippen LogP contribution in [-0.4, -0.2) is 5.38 Å². The van der Waals surface area contributed by atoms with E-state index in [1.54, 1.807) is 11.1 Å². The Morgan fingerprint density at radius 1 is 0.735 bits per heavy atom. The van der Waals surface area contributed by atoms with Crippen molar-refractivity contribution in [1.29, 1.82) is 0 Å². The summed E-state index contributed by atoms with van der Waals surface area (Å²) < 4.78 is 0. The Labute approximate surface area is 316 Å². The van der Waals surface area contributed by atoms with Crippen LogP contribution in [0.4, 0.5) is 0 Å². The number of aryl methyl sites for hydroxylation is 4. The number of hydrogen-bond acceptors (Lipinski definition) is 0. The minimum absolute atomic E-state index is 0.229. The number of alkyl halides is 1. The monoisotopic (exact) mass is 699 g/mol. The number of allylic oxidation sites excluding steroid dienone is 2. The van der Waals surface area contributed by atoms with Crippen molar-refractivity contribution >= 4 is 11.6 Å². The summed E-state index contributed by atoms with van der Waals surface area (Å²) >= 11 is 5.90. The average Bonchev–Trinajstić information content (AvgIpc) is 3.13. The van der Waals surface area contributed by atoms with Gasteiger partial charge in [-0.1, -0.05) is 145 Å². The second-order valence-electron chi connectivity index (χ2n) is 12.4. The third-order valence-electron chi connectivity index (χ3n) is 8.34. The maximum absolute atomic E-state index is 5.90. The van der Waals surface area contributed by atoms with Crippen LogP contribution in [0.5, 0.6) is 0 Å². The lowest BCUT2D eigenvalue weighted by Gasteiger charge is -2.29. The van der Waals surface area contributed by atoms with E-state index in [2.05, 4.69) is 118 Å². The minimum atomic E-state index is 0.229. The van der Waals surface area contributed by atoms with Crippen molar-refractivity contribution in [2.75, 3.05) is 0 Å². The number of hydrogen-bond donors (Lipinski definition) is 0. The molecule has 0 radical (unpaired) electrons. The van der Waals surface area contributed by atoms with Crippen LogP contribution in [0, 0.1) is 58.3 Å². The van der Waals surface area contributed by atoms with Gasteiger partial charge in [0.2, 0.25) is 0 Å². The summed E-state index contributed by atoms with van der Waals surface area (Å²) in [6.07, 6.45) is 26.0. The van der Waals surface area contributed by atoms with E-state index in [0.29, 0.717) is 0 Å². The van der Waals surface area contributed by atoms with Gasteiger partial charge in [-0.25, -0.2) is 0 Å². The fraction of sp³-hybridized carbons (Fsp3) is 0.667. The second-order valence-corrected chi connectivity index (χ2v) is 13.2. The number of benzene rings is 2. The van der Waals surface area contributed by atoms with Crippen molar-refractivity contribution in [2.45, 2.75) is 194 Å². The molecule has 1 saturated carbocycles. The quantitative estimate of drug-likeness (QED) is 0.169. The van der Waals surface area contributed by atoms with Crippen LogP contribution in [0.25, 0.3) is 0 Å². The Balaban J connectivity index is -0.000000169. The van der Waals surface area contributed by atoms with Gasteiger partial charge in [-0.2, -0.15) is 0 Å². The van der Waals surface area contributed by atoms with Gasteiger partial charge in [0, 0.05) is 5.38 Å². The highest BCUT2D eigenvalue weighted by Gasteiger charge is 2.22. The third-order valence-corrected chi connectivity index (χ3v) is 8.49. The van der Waals surface area contributed by atoms with Crippen molar-refractivity contribution in [3.63, 3.8) is 0 Å². The molecule has 4 rings (SSSR count). The molecule has 0 nitrogen and oxygen atoms in total. The molecular weight excluding hydrogens is 612 g/mol. The number of rotatable bonds is 4. The zero-order valence-electron chi connectivity index (χ0n) is 36.5. The van der Waals surface area contributed by atoms with Gasteiger partial charge < -0.3 is 0 Å². The largest absolute Gasteiger partial charge is 0.124 e. The van der Waals surface area contributed by atoms with Gasteiger partial charge in [0.1, 0.15) is 0 Å². The van der Waals surface area contributed by atoms with E-state index in [1.807, 2.05) is 62.3 Å². The molecule has 2 aliphatic rings. The maximum Gasteiger partial charge on any atom is 0.0348 e. The highest BCUT2D eigenvalue weighted by atomic mass is 35.5. The fourth-order valence-corrected chi connectivity index (χ4v) is 5.88. The SMILES string of the molecule is C#C.CC.CC.CC.CC.CC=CC1CCCC(C(C)C)C1.CCC.Cc1ccc(C[C@@H](C)Cl)cc1C.Cc1ccc2c(c1C)CCCC2. The zero-order valence-corrected chi connectivity index (χ0v) is 37.2. The molecule has 286 valence electrons. The Hall–Kier alpha value is -1.97. The first-order valence-electron chi connectivity index (χ1n) is 20.3. The standard InChI is InChI=1S/C12H16.C12H22.C11H15Cl.C3H8.4C2H6.C2H2/c1-9-7-8-11-5-3-4-6-12(11)10(9)2;1-4-6-11-7-5-8-12(9-11)10(2)3;1-8-4-5-11(6-9(8)2)7-10(3)12;1-3-2;5*1-2/h7-8H,3-6H2,1-2H3;4,6,10-12H,5,7-9H2,1-3H3;4-6,10H,7H2,1-3H3;3H2,1-2H3;4*1-2H3;1-2H/t;;10-;;;;;;/m..1....../s1. The predicted octanol–water partition coefficient (Wildman–Crippen LogP) is 16.5.